The zero-order valence-electron chi connectivity index (χ0n) is 19.7. The molecule has 1 N–H and O–H groups in total. The number of esters is 1. The summed E-state index contributed by atoms with van der Waals surface area (Å²) in [7, 11) is 5.01. The minimum Gasteiger partial charge on any atom is -0.507 e. The average Bonchev–Trinajstić information content (AvgIpc) is 3.06. The third kappa shape index (κ3) is 5.30. The van der Waals surface area contributed by atoms with Crippen LogP contribution >= 0.6 is 0 Å². The predicted octanol–water partition coefficient (Wildman–Crippen LogP) is 2.51. The third-order valence-electron chi connectivity index (χ3n) is 5.42. The van der Waals surface area contributed by atoms with Crippen molar-refractivity contribution in [3.8, 4) is 11.5 Å². The summed E-state index contributed by atoms with van der Waals surface area (Å²) in [5.41, 5.74) is -0.113. The highest BCUT2D eigenvalue weighted by Crippen LogP contribution is 2.42. The number of carbonyl (C=O) groups excluding carboxylic acids is 3. The van der Waals surface area contributed by atoms with E-state index in [1.165, 1.54) is 49.3 Å². The van der Waals surface area contributed by atoms with Gasteiger partial charge >= 0.3 is 5.97 Å². The van der Waals surface area contributed by atoms with Crippen LogP contribution in [0.4, 0.5) is 5.69 Å². The number of carbonyl (C=O) groups is 3. The molecule has 0 radical (unpaired) electrons. The molecule has 35 heavy (non-hydrogen) atoms. The molecule has 11 nitrogen and oxygen atoms in total. The van der Waals surface area contributed by atoms with Crippen molar-refractivity contribution >= 4 is 29.1 Å². The number of hydrogen-bond acceptors (Lipinski definition) is 9. The minimum absolute atomic E-state index is 0.0172. The fourth-order valence-corrected chi connectivity index (χ4v) is 3.79. The van der Waals surface area contributed by atoms with Crippen LogP contribution in [-0.2, 0) is 14.4 Å². The van der Waals surface area contributed by atoms with Crippen LogP contribution in [0, 0.1) is 10.1 Å². The van der Waals surface area contributed by atoms with Crippen molar-refractivity contribution in [3.05, 3.63) is 69.3 Å². The number of nitro groups is 1. The van der Waals surface area contributed by atoms with Gasteiger partial charge in [0.05, 0.1) is 23.6 Å². The first-order valence-corrected chi connectivity index (χ1v) is 10.6. The van der Waals surface area contributed by atoms with Crippen LogP contribution in [0.3, 0.4) is 0 Å². The number of aliphatic hydroxyl groups is 1. The Morgan fingerprint density at radius 3 is 2.49 bits per heavy atom. The Hall–Kier alpha value is -4.25. The molecule has 1 saturated heterocycles. The van der Waals surface area contributed by atoms with Crippen LogP contribution in [0.15, 0.2) is 48.0 Å². The number of aliphatic hydroxyl groups excluding tert-OH is 1. The number of methoxy groups -OCH3 is 1. The monoisotopic (exact) mass is 483 g/mol. The normalized spacial score (nSPS) is 17.1. The van der Waals surface area contributed by atoms with Gasteiger partial charge in [0.25, 0.3) is 17.4 Å². The van der Waals surface area contributed by atoms with Gasteiger partial charge in [-0.3, -0.25) is 24.5 Å². The number of nitro benzene ring substituents is 1. The summed E-state index contributed by atoms with van der Waals surface area (Å²) >= 11 is 0. The highest BCUT2D eigenvalue weighted by molar-refractivity contribution is 6.46. The smallest absolute Gasteiger partial charge is 0.308 e. The fraction of sp³-hybridized carbons (Fsp3) is 0.292. The van der Waals surface area contributed by atoms with E-state index in [0.29, 0.717) is 12.1 Å². The summed E-state index contributed by atoms with van der Waals surface area (Å²) in [5.74, 6) is -2.57. The molecular weight excluding hydrogens is 458 g/mol. The molecular formula is C24H25N3O8. The van der Waals surface area contributed by atoms with Crippen molar-refractivity contribution in [3.63, 3.8) is 0 Å². The molecule has 0 aliphatic carbocycles. The van der Waals surface area contributed by atoms with Crippen LogP contribution in [0.2, 0.25) is 0 Å². The van der Waals surface area contributed by atoms with Crippen LogP contribution < -0.4 is 9.47 Å². The van der Waals surface area contributed by atoms with Gasteiger partial charge in [-0.15, -0.1) is 0 Å². The molecule has 1 aliphatic rings. The first kappa shape index (κ1) is 25.4. The van der Waals surface area contributed by atoms with Gasteiger partial charge in [0.15, 0.2) is 11.5 Å². The number of likely N-dealkylation sites (tertiary alicyclic amines) is 1. The van der Waals surface area contributed by atoms with E-state index in [2.05, 4.69) is 0 Å². The Balaban J connectivity index is 2.22. The zero-order valence-corrected chi connectivity index (χ0v) is 19.7. The summed E-state index contributed by atoms with van der Waals surface area (Å²) in [6.45, 7) is 1.80. The topological polar surface area (TPSA) is 140 Å². The van der Waals surface area contributed by atoms with Crippen molar-refractivity contribution in [2.45, 2.75) is 13.0 Å². The quantitative estimate of drug-likeness (QED) is 0.114. The van der Waals surface area contributed by atoms with Crippen molar-refractivity contribution in [1.29, 1.82) is 0 Å². The summed E-state index contributed by atoms with van der Waals surface area (Å²) < 4.78 is 10.5. The summed E-state index contributed by atoms with van der Waals surface area (Å²) in [6, 6.07) is 8.69. The Morgan fingerprint density at radius 1 is 1.17 bits per heavy atom. The first-order valence-electron chi connectivity index (χ1n) is 10.6. The van der Waals surface area contributed by atoms with Gasteiger partial charge < -0.3 is 24.4 Å². The Kier molecular flexibility index (Phi) is 7.50. The maximum atomic E-state index is 13.1. The van der Waals surface area contributed by atoms with Gasteiger partial charge in [-0.25, -0.2) is 0 Å². The highest BCUT2D eigenvalue weighted by Gasteiger charge is 2.46. The molecule has 2 aromatic carbocycles. The van der Waals surface area contributed by atoms with E-state index in [-0.39, 0.29) is 34.9 Å². The van der Waals surface area contributed by atoms with Crippen molar-refractivity contribution in [2.24, 2.45) is 0 Å². The number of ether oxygens (including phenoxy) is 2. The van der Waals surface area contributed by atoms with Crippen molar-refractivity contribution in [1.82, 2.24) is 9.80 Å². The predicted molar refractivity (Wildman–Crippen MR) is 125 cm³/mol. The largest absolute Gasteiger partial charge is 0.507 e. The average molecular weight is 483 g/mol. The molecule has 184 valence electrons. The summed E-state index contributed by atoms with van der Waals surface area (Å²) in [6.07, 6.45) is 0. The molecule has 1 heterocycles. The maximum absolute atomic E-state index is 13.1. The number of hydrogen-bond donors (Lipinski definition) is 1. The summed E-state index contributed by atoms with van der Waals surface area (Å²) in [4.78, 5) is 51.4. The molecule has 3 rings (SSSR count). The maximum Gasteiger partial charge on any atom is 0.308 e. The van der Waals surface area contributed by atoms with Crippen molar-refractivity contribution in [2.75, 3.05) is 34.3 Å². The number of non-ortho nitro benzene ring substituents is 1. The molecule has 0 spiro atoms. The second kappa shape index (κ2) is 10.3. The van der Waals surface area contributed by atoms with E-state index in [4.69, 9.17) is 9.47 Å². The molecule has 0 bridgehead atoms. The number of nitrogens with zero attached hydrogens (tertiary/aromatic N) is 3. The summed E-state index contributed by atoms with van der Waals surface area (Å²) in [5, 5.41) is 22.3. The molecule has 0 aromatic heterocycles. The van der Waals surface area contributed by atoms with Gasteiger partial charge in [-0.1, -0.05) is 18.2 Å². The molecule has 11 heteroatoms. The van der Waals surface area contributed by atoms with E-state index < -0.39 is 34.4 Å². The second-order valence-electron chi connectivity index (χ2n) is 8.11. The van der Waals surface area contributed by atoms with Gasteiger partial charge in [0.2, 0.25) is 0 Å². The highest BCUT2D eigenvalue weighted by atomic mass is 16.6. The number of amides is 1. The molecule has 1 unspecified atom stereocenters. The fourth-order valence-electron chi connectivity index (χ4n) is 3.79. The van der Waals surface area contributed by atoms with Crippen LogP contribution in [-0.4, -0.2) is 71.8 Å². The Labute approximate surface area is 201 Å². The Morgan fingerprint density at radius 2 is 1.89 bits per heavy atom. The van der Waals surface area contributed by atoms with Gasteiger partial charge in [0.1, 0.15) is 5.76 Å². The number of Topliss-reactive ketones (excluding diaryl/α,β-unsaturated/α-hetero) is 1. The van der Waals surface area contributed by atoms with E-state index in [9.17, 15) is 29.6 Å². The molecule has 1 aliphatic heterocycles. The van der Waals surface area contributed by atoms with E-state index in [1.54, 1.807) is 20.2 Å². The van der Waals surface area contributed by atoms with Crippen LogP contribution in [0.5, 0.6) is 11.5 Å². The molecule has 1 atom stereocenters. The van der Waals surface area contributed by atoms with Crippen molar-refractivity contribution < 1.29 is 33.9 Å². The Bertz CT molecular complexity index is 1220. The van der Waals surface area contributed by atoms with E-state index >= 15 is 0 Å². The number of likely N-dealkylation sites (N-methyl/N-ethyl adjacent to an activating group) is 1. The van der Waals surface area contributed by atoms with E-state index in [0.717, 1.165) is 6.07 Å². The lowest BCUT2D eigenvalue weighted by Crippen LogP contribution is -2.35. The number of rotatable bonds is 8. The van der Waals surface area contributed by atoms with Crippen LogP contribution in [0.25, 0.3) is 5.76 Å². The zero-order chi connectivity index (χ0) is 25.9. The molecule has 0 saturated carbocycles. The lowest BCUT2D eigenvalue weighted by Gasteiger charge is -2.27. The number of benzene rings is 2. The lowest BCUT2D eigenvalue weighted by atomic mass is 9.95. The number of ketones is 1. The van der Waals surface area contributed by atoms with E-state index in [1.807, 2.05) is 4.90 Å². The lowest BCUT2D eigenvalue weighted by molar-refractivity contribution is -0.384. The van der Waals surface area contributed by atoms with Gasteiger partial charge in [0, 0.05) is 37.7 Å². The second-order valence-corrected chi connectivity index (χ2v) is 8.11. The molecule has 1 fully saturated rings. The molecule has 2 aromatic rings. The third-order valence-corrected chi connectivity index (χ3v) is 5.42. The minimum atomic E-state index is -1.03. The first-order chi connectivity index (χ1) is 16.5. The molecule has 1 amide bonds. The standard InChI is InChI=1S/C24H25N3O8/c1-14(28)35-19-13-15(8-9-18(19)34-4)21-20(23(30)24(31)26(21)11-10-25(2)3)22(29)16-6-5-7-17(12-16)27(32)33/h5-9,12-13,21,29H,10-11H2,1-4H3/b22-20-. The van der Waals surface area contributed by atoms with Gasteiger partial charge in [-0.05, 0) is 31.8 Å². The van der Waals surface area contributed by atoms with Gasteiger partial charge in [-0.2, -0.15) is 0 Å². The SMILES string of the molecule is COc1ccc(C2/C(=C(/O)c3cccc([N+](=O)[O-])c3)C(=O)C(=O)N2CCN(C)C)cc1OC(C)=O. The van der Waals surface area contributed by atoms with Crippen LogP contribution in [0.1, 0.15) is 24.1 Å².